The van der Waals surface area contributed by atoms with Crippen molar-refractivity contribution in [2.24, 2.45) is 12.0 Å². The molecule has 6 nitrogen and oxygen atoms in total. The van der Waals surface area contributed by atoms with E-state index in [4.69, 9.17) is 0 Å². The van der Waals surface area contributed by atoms with Gasteiger partial charge >= 0.3 is 0 Å². The monoisotopic (exact) mass is 384 g/mol. The molecular formula is C21H29FN6. The van der Waals surface area contributed by atoms with E-state index >= 15 is 0 Å². The Kier molecular flexibility index (Phi) is 6.34. The van der Waals surface area contributed by atoms with E-state index in [0.29, 0.717) is 6.54 Å². The fraction of sp³-hybridized carbons (Fsp3) is 0.429. The maximum Gasteiger partial charge on any atom is 0.191 e. The summed E-state index contributed by atoms with van der Waals surface area (Å²) in [4.78, 5) is 7.46. The molecule has 28 heavy (non-hydrogen) atoms. The molecule has 0 atom stereocenters. The van der Waals surface area contributed by atoms with Crippen LogP contribution in [0.4, 0.5) is 4.39 Å². The number of hydrogen-bond acceptors (Lipinski definition) is 2. The summed E-state index contributed by atoms with van der Waals surface area (Å²) in [6.07, 6.45) is 4.63. The van der Waals surface area contributed by atoms with Gasteiger partial charge in [-0.1, -0.05) is 13.8 Å². The minimum atomic E-state index is -0.225. The average molecular weight is 385 g/mol. The third-order valence-corrected chi connectivity index (χ3v) is 5.10. The van der Waals surface area contributed by atoms with Crippen LogP contribution in [0, 0.1) is 5.82 Å². The number of guanidine groups is 1. The van der Waals surface area contributed by atoms with E-state index in [1.807, 2.05) is 24.0 Å². The number of halogens is 1. The van der Waals surface area contributed by atoms with Crippen molar-refractivity contribution >= 4 is 16.9 Å². The number of aromatic nitrogens is 3. The van der Waals surface area contributed by atoms with Crippen LogP contribution in [0.3, 0.4) is 0 Å². The number of rotatable bonds is 7. The Bertz CT molecular complexity index is 969. The van der Waals surface area contributed by atoms with Crippen molar-refractivity contribution in [1.29, 1.82) is 0 Å². The van der Waals surface area contributed by atoms with Gasteiger partial charge < -0.3 is 15.6 Å². The summed E-state index contributed by atoms with van der Waals surface area (Å²) in [5.74, 6) is 0.538. The van der Waals surface area contributed by atoms with Crippen molar-refractivity contribution < 1.29 is 4.39 Å². The quantitative estimate of drug-likeness (QED) is 0.433. The first-order valence-electron chi connectivity index (χ1n) is 9.81. The van der Waals surface area contributed by atoms with Gasteiger partial charge in [-0.3, -0.25) is 9.67 Å². The molecule has 0 bridgehead atoms. The largest absolute Gasteiger partial charge is 0.361 e. The maximum absolute atomic E-state index is 13.3. The molecule has 3 N–H and O–H groups in total. The van der Waals surface area contributed by atoms with Gasteiger partial charge in [0.1, 0.15) is 5.82 Å². The van der Waals surface area contributed by atoms with Gasteiger partial charge in [-0.15, -0.1) is 0 Å². The molecule has 1 aromatic carbocycles. The number of benzene rings is 1. The van der Waals surface area contributed by atoms with Crippen LogP contribution in [0.1, 0.15) is 36.4 Å². The minimum Gasteiger partial charge on any atom is -0.361 e. The summed E-state index contributed by atoms with van der Waals surface area (Å²) in [7, 11) is 3.77. The van der Waals surface area contributed by atoms with Crippen LogP contribution >= 0.6 is 0 Å². The average Bonchev–Trinajstić information content (AvgIpc) is 3.23. The van der Waals surface area contributed by atoms with Crippen LogP contribution in [-0.4, -0.2) is 34.3 Å². The minimum absolute atomic E-state index is 0.225. The molecule has 2 aromatic heterocycles. The van der Waals surface area contributed by atoms with Gasteiger partial charge in [0, 0.05) is 55.5 Å². The first kappa shape index (κ1) is 19.9. The standard InChI is InChI=1S/C21H29FN6/c1-5-18-17(20(6-2)28(4)27-18)13-26-21(23-3)24-10-9-14-12-25-19-11-15(22)7-8-16(14)19/h7-8,11-12,25H,5-6,9-10,13H2,1-4H3,(H2,23,24,26). The Morgan fingerprint density at radius 3 is 2.79 bits per heavy atom. The van der Waals surface area contributed by atoms with Gasteiger partial charge in [0.05, 0.1) is 5.69 Å². The molecule has 3 rings (SSSR count). The summed E-state index contributed by atoms with van der Waals surface area (Å²) in [5.41, 5.74) is 5.63. The molecule has 7 heteroatoms. The molecule has 150 valence electrons. The molecule has 0 saturated carbocycles. The molecule has 0 spiro atoms. The van der Waals surface area contributed by atoms with Gasteiger partial charge in [-0.05, 0) is 43.0 Å². The predicted molar refractivity (Wildman–Crippen MR) is 112 cm³/mol. The predicted octanol–water partition coefficient (Wildman–Crippen LogP) is 3.07. The van der Waals surface area contributed by atoms with E-state index in [-0.39, 0.29) is 5.82 Å². The van der Waals surface area contributed by atoms with Crippen molar-refractivity contribution in [3.05, 3.63) is 52.7 Å². The van der Waals surface area contributed by atoms with Crippen LogP contribution in [0.2, 0.25) is 0 Å². The highest BCUT2D eigenvalue weighted by atomic mass is 19.1. The normalized spacial score (nSPS) is 12.0. The van der Waals surface area contributed by atoms with Crippen LogP contribution in [0.15, 0.2) is 29.4 Å². The van der Waals surface area contributed by atoms with Crippen LogP contribution in [0.5, 0.6) is 0 Å². The second kappa shape index (κ2) is 8.91. The zero-order chi connectivity index (χ0) is 20.1. The maximum atomic E-state index is 13.3. The van der Waals surface area contributed by atoms with Gasteiger partial charge in [0.25, 0.3) is 0 Å². The highest BCUT2D eigenvalue weighted by molar-refractivity contribution is 5.83. The van der Waals surface area contributed by atoms with Crippen LogP contribution < -0.4 is 10.6 Å². The Balaban J connectivity index is 1.58. The number of aliphatic imine (C=N–C) groups is 1. The number of fused-ring (bicyclic) bond motifs is 1. The number of hydrogen-bond donors (Lipinski definition) is 3. The highest BCUT2D eigenvalue weighted by Crippen LogP contribution is 2.19. The Labute approximate surface area is 165 Å². The Morgan fingerprint density at radius 1 is 1.25 bits per heavy atom. The number of nitrogens with zero attached hydrogens (tertiary/aromatic N) is 3. The lowest BCUT2D eigenvalue weighted by molar-refractivity contribution is 0.629. The van der Waals surface area contributed by atoms with Crippen molar-refractivity contribution in [2.45, 2.75) is 39.7 Å². The van der Waals surface area contributed by atoms with Crippen molar-refractivity contribution in [3.63, 3.8) is 0 Å². The third kappa shape index (κ3) is 4.18. The van der Waals surface area contributed by atoms with Gasteiger partial charge in [-0.25, -0.2) is 4.39 Å². The Morgan fingerprint density at radius 2 is 2.07 bits per heavy atom. The topological polar surface area (TPSA) is 70.0 Å². The zero-order valence-corrected chi connectivity index (χ0v) is 17.1. The molecule has 0 unspecified atom stereocenters. The first-order valence-corrected chi connectivity index (χ1v) is 9.81. The summed E-state index contributed by atoms with van der Waals surface area (Å²) in [6.45, 7) is 5.72. The molecular weight excluding hydrogens is 355 g/mol. The fourth-order valence-corrected chi connectivity index (χ4v) is 3.67. The van der Waals surface area contributed by atoms with E-state index in [9.17, 15) is 4.39 Å². The number of aromatic amines is 1. The van der Waals surface area contributed by atoms with Crippen LogP contribution in [-0.2, 0) is 32.9 Å². The van der Waals surface area contributed by atoms with Crippen LogP contribution in [0.25, 0.3) is 10.9 Å². The van der Waals surface area contributed by atoms with Crippen molar-refractivity contribution in [2.75, 3.05) is 13.6 Å². The summed E-state index contributed by atoms with van der Waals surface area (Å²) in [5, 5.41) is 12.4. The Hall–Kier alpha value is -2.83. The summed E-state index contributed by atoms with van der Waals surface area (Å²) in [6, 6.07) is 4.85. The number of H-pyrrole nitrogens is 1. The lowest BCUT2D eigenvalue weighted by Crippen LogP contribution is -2.38. The molecule has 2 heterocycles. The van der Waals surface area contributed by atoms with Gasteiger partial charge in [0.15, 0.2) is 5.96 Å². The van der Waals surface area contributed by atoms with E-state index in [1.165, 1.54) is 23.4 Å². The molecule has 0 aliphatic heterocycles. The molecule has 0 aliphatic rings. The highest BCUT2D eigenvalue weighted by Gasteiger charge is 2.14. The fourth-order valence-electron chi connectivity index (χ4n) is 3.67. The van der Waals surface area contributed by atoms with E-state index < -0.39 is 0 Å². The second-order valence-electron chi connectivity index (χ2n) is 6.81. The molecule has 0 aliphatic carbocycles. The molecule has 0 saturated heterocycles. The molecule has 0 fully saturated rings. The number of nitrogens with one attached hydrogen (secondary N) is 3. The van der Waals surface area contributed by atoms with E-state index in [1.54, 1.807) is 7.05 Å². The lowest BCUT2D eigenvalue weighted by atomic mass is 10.1. The lowest BCUT2D eigenvalue weighted by Gasteiger charge is -2.13. The van der Waals surface area contributed by atoms with E-state index in [2.05, 4.69) is 39.6 Å². The van der Waals surface area contributed by atoms with Crippen molar-refractivity contribution in [1.82, 2.24) is 25.4 Å². The number of aryl methyl sites for hydroxylation is 2. The van der Waals surface area contributed by atoms with Crippen molar-refractivity contribution in [3.8, 4) is 0 Å². The molecule has 0 amide bonds. The molecule has 3 aromatic rings. The third-order valence-electron chi connectivity index (χ3n) is 5.10. The van der Waals surface area contributed by atoms with Gasteiger partial charge in [-0.2, -0.15) is 5.10 Å². The summed E-state index contributed by atoms with van der Waals surface area (Å²) < 4.78 is 15.3. The van der Waals surface area contributed by atoms with Gasteiger partial charge in [0.2, 0.25) is 0 Å². The molecule has 0 radical (unpaired) electrons. The van der Waals surface area contributed by atoms with E-state index in [0.717, 1.165) is 53.9 Å². The zero-order valence-electron chi connectivity index (χ0n) is 17.1. The SMILES string of the molecule is CCc1nn(C)c(CC)c1CNC(=NC)NCCc1c[nH]c2cc(F)ccc12. The summed E-state index contributed by atoms with van der Waals surface area (Å²) >= 11 is 0. The first-order chi connectivity index (χ1) is 13.6. The second-order valence-corrected chi connectivity index (χ2v) is 6.81. The smallest absolute Gasteiger partial charge is 0.191 e.